The number of rotatable bonds is 1. The molecule has 18 heavy (non-hydrogen) atoms. The molecule has 4 heteroatoms. The van der Waals surface area contributed by atoms with Crippen molar-refractivity contribution < 1.29 is 8.78 Å². The van der Waals surface area contributed by atoms with Gasteiger partial charge in [-0.05, 0) is 18.6 Å². The van der Waals surface area contributed by atoms with Gasteiger partial charge in [0.25, 0.3) is 0 Å². The van der Waals surface area contributed by atoms with Crippen LogP contribution in [0.25, 0.3) is 16.6 Å². The molecule has 0 amide bonds. The minimum Gasteiger partial charge on any atom is -0.316 e. The summed E-state index contributed by atoms with van der Waals surface area (Å²) in [6, 6.07) is 10.2. The zero-order chi connectivity index (χ0) is 12.7. The number of pyridine rings is 1. The van der Waals surface area contributed by atoms with Gasteiger partial charge in [-0.15, -0.1) is 0 Å². The smallest absolute Gasteiger partial charge is 0.217 e. The summed E-state index contributed by atoms with van der Waals surface area (Å²) in [4.78, 5) is 3.10. The molecular weight excluding hydrogens is 234 g/mol. The van der Waals surface area contributed by atoms with E-state index in [0.717, 1.165) is 16.5 Å². The summed E-state index contributed by atoms with van der Waals surface area (Å²) in [5.41, 5.74) is 2.43. The van der Waals surface area contributed by atoms with Crippen LogP contribution in [0.2, 0.25) is 0 Å². The van der Waals surface area contributed by atoms with Gasteiger partial charge in [0.2, 0.25) is 11.9 Å². The second-order valence-electron chi connectivity index (χ2n) is 4.17. The molecule has 0 aliphatic carbocycles. The van der Waals surface area contributed by atoms with Crippen molar-refractivity contribution in [2.75, 3.05) is 0 Å². The Bertz CT molecular complexity index is 711. The monoisotopic (exact) mass is 244 g/mol. The van der Waals surface area contributed by atoms with Crippen LogP contribution < -0.4 is 0 Å². The number of hydrogen-bond acceptors (Lipinski definition) is 1. The number of halogens is 2. The van der Waals surface area contributed by atoms with Crippen LogP contribution in [0.5, 0.6) is 0 Å². The Morgan fingerprint density at radius 1 is 1.06 bits per heavy atom. The van der Waals surface area contributed by atoms with Crippen molar-refractivity contribution in [1.82, 2.24) is 9.55 Å². The fourth-order valence-corrected chi connectivity index (χ4v) is 2.18. The van der Waals surface area contributed by atoms with Gasteiger partial charge in [0.05, 0.1) is 11.2 Å². The molecule has 0 N–H and O–H groups in total. The van der Waals surface area contributed by atoms with Gasteiger partial charge in [-0.1, -0.05) is 18.2 Å². The van der Waals surface area contributed by atoms with Gasteiger partial charge in [-0.2, -0.15) is 13.8 Å². The second kappa shape index (κ2) is 3.91. The first-order valence-electron chi connectivity index (χ1n) is 5.55. The van der Waals surface area contributed by atoms with Crippen LogP contribution in [0, 0.1) is 18.8 Å². The van der Waals surface area contributed by atoms with Crippen molar-refractivity contribution in [3.05, 3.63) is 60.1 Å². The Labute approximate surface area is 103 Å². The SMILES string of the molecule is Cc1cccc2ccn(-c3cc(F)nc(F)c3)c12. The van der Waals surface area contributed by atoms with Crippen LogP contribution in [0.1, 0.15) is 5.56 Å². The third-order valence-electron chi connectivity index (χ3n) is 2.94. The first-order chi connectivity index (χ1) is 8.65. The van der Waals surface area contributed by atoms with Crippen LogP contribution in [0.4, 0.5) is 8.78 Å². The molecule has 2 heterocycles. The predicted octanol–water partition coefficient (Wildman–Crippen LogP) is 3.61. The van der Waals surface area contributed by atoms with Gasteiger partial charge in [-0.3, -0.25) is 0 Å². The zero-order valence-corrected chi connectivity index (χ0v) is 9.69. The molecular formula is C14H10F2N2. The third kappa shape index (κ3) is 1.66. The van der Waals surface area contributed by atoms with Gasteiger partial charge in [-0.25, -0.2) is 0 Å². The highest BCUT2D eigenvalue weighted by atomic mass is 19.1. The molecule has 0 saturated heterocycles. The maximum Gasteiger partial charge on any atom is 0.217 e. The first kappa shape index (κ1) is 10.9. The van der Waals surface area contributed by atoms with Gasteiger partial charge in [0.15, 0.2) is 0 Å². The van der Waals surface area contributed by atoms with Crippen LogP contribution in [-0.4, -0.2) is 9.55 Å². The number of nitrogens with zero attached hydrogens (tertiary/aromatic N) is 2. The largest absolute Gasteiger partial charge is 0.316 e. The van der Waals surface area contributed by atoms with Crippen LogP contribution in [-0.2, 0) is 0 Å². The van der Waals surface area contributed by atoms with Crippen LogP contribution in [0.3, 0.4) is 0 Å². The Morgan fingerprint density at radius 3 is 2.50 bits per heavy atom. The second-order valence-corrected chi connectivity index (χ2v) is 4.17. The van der Waals surface area contributed by atoms with E-state index in [2.05, 4.69) is 4.98 Å². The van der Waals surface area contributed by atoms with Crippen molar-refractivity contribution in [3.63, 3.8) is 0 Å². The number of fused-ring (bicyclic) bond motifs is 1. The fraction of sp³-hybridized carbons (Fsp3) is 0.0714. The van der Waals surface area contributed by atoms with E-state index in [-0.39, 0.29) is 0 Å². The van der Waals surface area contributed by atoms with Crippen molar-refractivity contribution >= 4 is 10.9 Å². The molecule has 0 saturated carbocycles. The quantitative estimate of drug-likeness (QED) is 0.598. The number of aromatic nitrogens is 2. The van der Waals surface area contributed by atoms with Gasteiger partial charge >= 0.3 is 0 Å². The molecule has 0 unspecified atom stereocenters. The lowest BCUT2D eigenvalue weighted by molar-refractivity contribution is 0.511. The molecule has 0 aliphatic heterocycles. The van der Waals surface area contributed by atoms with E-state index < -0.39 is 11.9 Å². The molecule has 0 radical (unpaired) electrons. The number of aryl methyl sites for hydroxylation is 1. The predicted molar refractivity (Wildman–Crippen MR) is 65.7 cm³/mol. The molecule has 0 atom stereocenters. The lowest BCUT2D eigenvalue weighted by Gasteiger charge is -2.07. The number of benzene rings is 1. The topological polar surface area (TPSA) is 17.8 Å². The Balaban J connectivity index is 2.31. The van der Waals surface area contributed by atoms with E-state index in [9.17, 15) is 8.78 Å². The van der Waals surface area contributed by atoms with E-state index in [1.54, 1.807) is 10.8 Å². The van der Waals surface area contributed by atoms with Crippen molar-refractivity contribution in [2.45, 2.75) is 6.92 Å². The Kier molecular flexibility index (Phi) is 2.37. The highest BCUT2D eigenvalue weighted by Gasteiger charge is 2.08. The van der Waals surface area contributed by atoms with Crippen molar-refractivity contribution in [2.24, 2.45) is 0 Å². The minimum atomic E-state index is -0.819. The summed E-state index contributed by atoms with van der Waals surface area (Å²) in [6.07, 6.45) is 1.80. The average molecular weight is 244 g/mol. The molecule has 3 rings (SSSR count). The Morgan fingerprint density at radius 2 is 1.78 bits per heavy atom. The molecule has 1 aromatic carbocycles. The van der Waals surface area contributed by atoms with Gasteiger partial charge < -0.3 is 4.57 Å². The Hall–Kier alpha value is -2.23. The lowest BCUT2D eigenvalue weighted by atomic mass is 10.1. The normalized spacial score (nSPS) is 11.1. The maximum atomic E-state index is 13.2. The molecule has 0 spiro atoms. The van der Waals surface area contributed by atoms with E-state index in [4.69, 9.17) is 0 Å². The number of hydrogen-bond donors (Lipinski definition) is 0. The van der Waals surface area contributed by atoms with E-state index in [1.165, 1.54) is 12.1 Å². The average Bonchev–Trinajstić information content (AvgIpc) is 2.73. The zero-order valence-electron chi connectivity index (χ0n) is 9.69. The molecule has 2 aromatic heterocycles. The molecule has 0 bridgehead atoms. The highest BCUT2D eigenvalue weighted by molar-refractivity contribution is 5.84. The number of para-hydroxylation sites is 1. The van der Waals surface area contributed by atoms with E-state index >= 15 is 0 Å². The van der Waals surface area contributed by atoms with Gasteiger partial charge in [0, 0.05) is 23.7 Å². The van der Waals surface area contributed by atoms with E-state index in [0.29, 0.717) is 5.69 Å². The minimum absolute atomic E-state index is 0.435. The summed E-state index contributed by atoms with van der Waals surface area (Å²) in [5.74, 6) is -1.64. The summed E-state index contributed by atoms with van der Waals surface area (Å²) in [5, 5.41) is 1.03. The van der Waals surface area contributed by atoms with Crippen LogP contribution in [0.15, 0.2) is 42.6 Å². The molecule has 90 valence electrons. The maximum absolute atomic E-state index is 13.2. The van der Waals surface area contributed by atoms with E-state index in [1.807, 2.05) is 31.2 Å². The summed E-state index contributed by atoms with van der Waals surface area (Å²) < 4.78 is 28.1. The van der Waals surface area contributed by atoms with Crippen LogP contribution >= 0.6 is 0 Å². The third-order valence-corrected chi connectivity index (χ3v) is 2.94. The summed E-state index contributed by atoms with van der Waals surface area (Å²) in [7, 11) is 0. The highest BCUT2D eigenvalue weighted by Crippen LogP contribution is 2.23. The van der Waals surface area contributed by atoms with Crippen molar-refractivity contribution in [3.8, 4) is 5.69 Å². The first-order valence-corrected chi connectivity index (χ1v) is 5.55. The van der Waals surface area contributed by atoms with Gasteiger partial charge in [0.1, 0.15) is 0 Å². The molecule has 3 aromatic rings. The summed E-state index contributed by atoms with van der Waals surface area (Å²) >= 11 is 0. The van der Waals surface area contributed by atoms with Crippen molar-refractivity contribution in [1.29, 1.82) is 0 Å². The summed E-state index contributed by atoms with van der Waals surface area (Å²) in [6.45, 7) is 1.97. The lowest BCUT2D eigenvalue weighted by Crippen LogP contribution is -1.98. The molecule has 0 fully saturated rings. The standard InChI is InChI=1S/C14H10F2N2/c1-9-3-2-4-10-5-6-18(14(9)10)11-7-12(15)17-13(16)8-11/h2-8H,1H3. The fourth-order valence-electron chi connectivity index (χ4n) is 2.18. The molecule has 2 nitrogen and oxygen atoms in total. The molecule has 0 aliphatic rings.